The molecule has 1 aromatic carbocycles. The number of nitrogens with one attached hydrogen (secondary N) is 2. The molecule has 0 spiro atoms. The molecule has 1 aromatic rings. The molecule has 5 N–H and O–H groups in total. The van der Waals surface area contributed by atoms with Crippen molar-refractivity contribution in [2.75, 3.05) is 18.5 Å². The summed E-state index contributed by atoms with van der Waals surface area (Å²) in [6.07, 6.45) is -2.15. The zero-order valence-corrected chi connectivity index (χ0v) is 21.1. The second-order valence-corrected chi connectivity index (χ2v) is 8.75. The van der Waals surface area contributed by atoms with Gasteiger partial charge in [-0.25, -0.2) is 0 Å². The third-order valence-corrected chi connectivity index (χ3v) is 5.78. The molecule has 1 saturated heterocycles. The Bertz CT molecular complexity index is 925. The maximum atomic E-state index is 12.6. The molecule has 2 amide bonds. The van der Waals surface area contributed by atoms with Gasteiger partial charge in [0, 0.05) is 26.3 Å². The lowest BCUT2D eigenvalue weighted by Gasteiger charge is -2.40. The first-order chi connectivity index (χ1) is 17.7. The third kappa shape index (κ3) is 9.39. The van der Waals surface area contributed by atoms with Crippen molar-refractivity contribution >= 4 is 29.8 Å². The van der Waals surface area contributed by atoms with Gasteiger partial charge in [-0.3, -0.25) is 14.4 Å². The summed E-state index contributed by atoms with van der Waals surface area (Å²) in [7, 11) is 0. The van der Waals surface area contributed by atoms with E-state index in [-0.39, 0.29) is 36.9 Å². The number of anilines is 1. The summed E-state index contributed by atoms with van der Waals surface area (Å²) in [4.78, 5) is 47.0. The maximum absolute atomic E-state index is 12.6. The van der Waals surface area contributed by atoms with Crippen LogP contribution in [-0.2, 0) is 35.3 Å². The van der Waals surface area contributed by atoms with Crippen LogP contribution in [0.5, 0.6) is 5.75 Å². The van der Waals surface area contributed by atoms with E-state index in [9.17, 15) is 34.5 Å². The Balaban J connectivity index is 2.12. The number of hydrogen-bond donors (Lipinski definition) is 5. The fourth-order valence-electron chi connectivity index (χ4n) is 3.70. The molecule has 1 aliphatic rings. The molecular formula is C25H36N2O10. The van der Waals surface area contributed by atoms with Gasteiger partial charge in [-0.2, -0.15) is 0 Å². The van der Waals surface area contributed by atoms with E-state index in [4.69, 9.17) is 14.2 Å². The fraction of sp³-hybridized carbons (Fsp3) is 0.600. The molecule has 1 fully saturated rings. The van der Waals surface area contributed by atoms with Gasteiger partial charge in [-0.05, 0) is 24.1 Å². The maximum Gasteiger partial charge on any atom is 0.302 e. The lowest BCUT2D eigenvalue weighted by atomic mass is 9.90. The highest BCUT2D eigenvalue weighted by Crippen LogP contribution is 2.32. The summed E-state index contributed by atoms with van der Waals surface area (Å²) in [5.74, 6) is -2.28. The molecule has 2 rings (SSSR count). The van der Waals surface area contributed by atoms with Gasteiger partial charge in [0.1, 0.15) is 30.9 Å². The standard InChI is InChI=1S/C25H36N2O10/c1-3-4-5-6-21(31)26-10-9-22(32)27-18-11-16(14-35-15(2)30)7-8-19(18)36-25-24(34)17(12-28)23(33)20(13-29)37-25/h7-8,11-12,17,20,23-25,29,33-34H,3-6,9-10,13-14H2,1-2H3,(H,26,31)(H,27,32)/t17-,20+,23+,24+,25+/m0/s1. The van der Waals surface area contributed by atoms with Crippen LogP contribution in [0, 0.1) is 5.92 Å². The number of amides is 2. The van der Waals surface area contributed by atoms with Crippen LogP contribution in [0.25, 0.3) is 0 Å². The van der Waals surface area contributed by atoms with Crippen molar-refractivity contribution in [2.45, 2.75) is 77.2 Å². The number of hydrogen-bond acceptors (Lipinski definition) is 10. The minimum absolute atomic E-state index is 0.0261. The zero-order valence-electron chi connectivity index (χ0n) is 21.1. The number of aliphatic hydroxyl groups excluding tert-OH is 3. The minimum Gasteiger partial charge on any atom is -0.461 e. The van der Waals surface area contributed by atoms with Crippen molar-refractivity contribution in [3.05, 3.63) is 23.8 Å². The number of carbonyl (C=O) groups is 4. The fourth-order valence-corrected chi connectivity index (χ4v) is 3.70. The Labute approximate surface area is 215 Å². The number of carbonyl (C=O) groups excluding carboxylic acids is 4. The van der Waals surface area contributed by atoms with E-state index in [0.29, 0.717) is 18.3 Å². The van der Waals surface area contributed by atoms with E-state index in [0.717, 1.165) is 19.3 Å². The molecule has 5 atom stereocenters. The zero-order chi connectivity index (χ0) is 27.4. The van der Waals surface area contributed by atoms with E-state index < -0.39 is 49.0 Å². The van der Waals surface area contributed by atoms with Crippen molar-refractivity contribution in [2.24, 2.45) is 5.92 Å². The molecule has 0 radical (unpaired) electrons. The quantitative estimate of drug-likeness (QED) is 0.130. The lowest BCUT2D eigenvalue weighted by Crippen LogP contribution is -2.57. The number of aldehydes is 1. The van der Waals surface area contributed by atoms with Crippen LogP contribution in [0.4, 0.5) is 5.69 Å². The average Bonchev–Trinajstić information content (AvgIpc) is 2.86. The predicted octanol–water partition coefficient (Wildman–Crippen LogP) is 0.408. The van der Waals surface area contributed by atoms with Crippen LogP contribution in [0.3, 0.4) is 0 Å². The van der Waals surface area contributed by atoms with Gasteiger partial charge in [0.05, 0.1) is 24.3 Å². The van der Waals surface area contributed by atoms with Gasteiger partial charge in [-0.15, -0.1) is 0 Å². The van der Waals surface area contributed by atoms with Crippen LogP contribution in [0.2, 0.25) is 0 Å². The van der Waals surface area contributed by atoms with Crippen LogP contribution >= 0.6 is 0 Å². The van der Waals surface area contributed by atoms with E-state index in [1.807, 2.05) is 6.92 Å². The Morgan fingerprint density at radius 3 is 2.51 bits per heavy atom. The Hall–Kier alpha value is -3.06. The smallest absolute Gasteiger partial charge is 0.302 e. The second-order valence-electron chi connectivity index (χ2n) is 8.75. The van der Waals surface area contributed by atoms with Crippen molar-refractivity contribution in [3.8, 4) is 5.75 Å². The normalized spacial score (nSPS) is 23.1. The van der Waals surface area contributed by atoms with Gasteiger partial charge in [0.25, 0.3) is 0 Å². The summed E-state index contributed by atoms with van der Waals surface area (Å²) >= 11 is 0. The molecule has 206 valence electrons. The molecule has 37 heavy (non-hydrogen) atoms. The first kappa shape index (κ1) is 30.2. The summed E-state index contributed by atoms with van der Waals surface area (Å²) in [5, 5.41) is 35.4. The highest BCUT2D eigenvalue weighted by molar-refractivity contribution is 5.92. The van der Waals surface area contributed by atoms with Crippen molar-refractivity contribution < 1.29 is 48.7 Å². The van der Waals surface area contributed by atoms with Crippen molar-refractivity contribution in [1.29, 1.82) is 0 Å². The first-order valence-corrected chi connectivity index (χ1v) is 12.3. The van der Waals surface area contributed by atoms with E-state index >= 15 is 0 Å². The molecule has 12 heteroatoms. The van der Waals surface area contributed by atoms with Gasteiger partial charge in [0.2, 0.25) is 18.1 Å². The summed E-state index contributed by atoms with van der Waals surface area (Å²) < 4.78 is 16.2. The number of rotatable bonds is 14. The second kappa shape index (κ2) is 15.3. The van der Waals surface area contributed by atoms with Crippen molar-refractivity contribution in [3.63, 3.8) is 0 Å². The molecule has 0 bridgehead atoms. The molecule has 12 nitrogen and oxygen atoms in total. The molecular weight excluding hydrogens is 488 g/mol. The van der Waals surface area contributed by atoms with Crippen LogP contribution in [-0.4, -0.2) is 77.1 Å². The van der Waals surface area contributed by atoms with E-state index in [2.05, 4.69) is 10.6 Å². The molecule has 0 saturated carbocycles. The van der Waals surface area contributed by atoms with Crippen molar-refractivity contribution in [1.82, 2.24) is 5.32 Å². The highest BCUT2D eigenvalue weighted by atomic mass is 16.7. The molecule has 0 unspecified atom stereocenters. The van der Waals surface area contributed by atoms with E-state index in [1.54, 1.807) is 6.07 Å². The number of benzene rings is 1. The predicted molar refractivity (Wildman–Crippen MR) is 130 cm³/mol. The molecule has 0 aliphatic carbocycles. The summed E-state index contributed by atoms with van der Waals surface area (Å²) in [6.45, 7) is 2.74. The molecule has 0 aromatic heterocycles. The minimum atomic E-state index is -1.55. The lowest BCUT2D eigenvalue weighted by molar-refractivity contribution is -0.257. The van der Waals surface area contributed by atoms with Gasteiger partial charge in [-0.1, -0.05) is 25.8 Å². The Morgan fingerprint density at radius 1 is 1.11 bits per heavy atom. The largest absolute Gasteiger partial charge is 0.461 e. The first-order valence-electron chi connectivity index (χ1n) is 12.3. The summed E-state index contributed by atoms with van der Waals surface area (Å²) in [5.41, 5.74) is 0.690. The molecule has 1 heterocycles. The average molecular weight is 525 g/mol. The Kier molecular flexibility index (Phi) is 12.4. The third-order valence-electron chi connectivity index (χ3n) is 5.78. The highest BCUT2D eigenvalue weighted by Gasteiger charge is 2.45. The Morgan fingerprint density at radius 2 is 1.86 bits per heavy atom. The summed E-state index contributed by atoms with van der Waals surface area (Å²) in [6, 6.07) is 4.52. The van der Waals surface area contributed by atoms with Crippen LogP contribution in [0.1, 0.15) is 51.5 Å². The number of esters is 1. The van der Waals surface area contributed by atoms with Crippen LogP contribution < -0.4 is 15.4 Å². The van der Waals surface area contributed by atoms with Gasteiger partial charge in [0.15, 0.2) is 0 Å². The number of aliphatic hydroxyl groups is 3. The molecule has 1 aliphatic heterocycles. The topological polar surface area (TPSA) is 181 Å². The van der Waals surface area contributed by atoms with Crippen LogP contribution in [0.15, 0.2) is 18.2 Å². The van der Waals surface area contributed by atoms with E-state index in [1.165, 1.54) is 19.1 Å². The van der Waals surface area contributed by atoms with Gasteiger partial charge >= 0.3 is 5.97 Å². The van der Waals surface area contributed by atoms with Gasteiger partial charge < -0.3 is 45.0 Å². The number of unbranched alkanes of at least 4 members (excludes halogenated alkanes) is 2. The number of ether oxygens (including phenoxy) is 3. The SMILES string of the molecule is CCCCCC(=O)NCCC(=O)Nc1cc(COC(C)=O)ccc1O[C@@H]1O[C@H](CO)[C@H](O)[C@H](C=O)[C@H]1O. The monoisotopic (exact) mass is 524 g/mol.